The maximum atomic E-state index is 13.0. The molecule has 1 aromatic heterocycles. The number of hydrogen-bond acceptors (Lipinski definition) is 4. The number of hydrogen-bond donors (Lipinski definition) is 1. The first-order valence-corrected chi connectivity index (χ1v) is 10.2. The first kappa shape index (κ1) is 17.6. The second-order valence-corrected chi connectivity index (χ2v) is 8.78. The molecule has 2 aliphatic rings. The number of nitrogens with zero attached hydrogens (tertiary/aromatic N) is 1. The number of amides is 1. The highest BCUT2D eigenvalue weighted by Crippen LogP contribution is 2.38. The molecule has 5 heteroatoms. The summed E-state index contributed by atoms with van der Waals surface area (Å²) in [6.07, 6.45) is 3.51. The largest absolute Gasteiger partial charge is 0.497 e. The fraction of sp³-hybridized carbons (Fsp3) is 0.476. The summed E-state index contributed by atoms with van der Waals surface area (Å²) in [5, 5.41) is 3.49. The van der Waals surface area contributed by atoms with Crippen LogP contribution in [0.4, 0.5) is 0 Å². The number of likely N-dealkylation sites (tertiary alicyclic amines) is 1. The standard InChI is InChI=1S/C21H26N2O2S/c1-15-18(16-3-5-17(25-2)6-4-16)13-19(26-15)20(24)23-11-8-21(9-12-23)7-10-22-14-21/h3-6,13,22H,7-12,14H2,1-2H3. The van der Waals surface area contributed by atoms with E-state index in [1.165, 1.54) is 11.3 Å². The smallest absolute Gasteiger partial charge is 0.263 e. The molecular formula is C21H26N2O2S. The lowest BCUT2D eigenvalue weighted by Crippen LogP contribution is -2.43. The average Bonchev–Trinajstić information content (AvgIpc) is 3.29. The van der Waals surface area contributed by atoms with Crippen LogP contribution in [-0.2, 0) is 0 Å². The van der Waals surface area contributed by atoms with Gasteiger partial charge >= 0.3 is 0 Å². The minimum Gasteiger partial charge on any atom is -0.497 e. The molecule has 26 heavy (non-hydrogen) atoms. The predicted octanol–water partition coefficient (Wildman–Crippen LogP) is 3.95. The van der Waals surface area contributed by atoms with E-state index in [2.05, 4.69) is 30.4 Å². The molecule has 0 radical (unpaired) electrons. The fourth-order valence-corrected chi connectivity index (χ4v) is 5.22. The molecule has 2 aromatic rings. The van der Waals surface area contributed by atoms with Crippen LogP contribution in [0.5, 0.6) is 5.75 Å². The van der Waals surface area contributed by atoms with Gasteiger partial charge in [-0.2, -0.15) is 0 Å². The monoisotopic (exact) mass is 370 g/mol. The van der Waals surface area contributed by atoms with Crippen LogP contribution in [0.25, 0.3) is 11.1 Å². The van der Waals surface area contributed by atoms with E-state index < -0.39 is 0 Å². The molecule has 138 valence electrons. The Hall–Kier alpha value is -1.85. The van der Waals surface area contributed by atoms with E-state index >= 15 is 0 Å². The maximum absolute atomic E-state index is 13.0. The van der Waals surface area contributed by atoms with Gasteiger partial charge in [-0.3, -0.25) is 4.79 Å². The van der Waals surface area contributed by atoms with Gasteiger partial charge in [0, 0.05) is 24.5 Å². The third kappa shape index (κ3) is 3.26. The maximum Gasteiger partial charge on any atom is 0.263 e. The van der Waals surface area contributed by atoms with E-state index in [9.17, 15) is 4.79 Å². The van der Waals surface area contributed by atoms with Gasteiger partial charge in [-0.1, -0.05) is 12.1 Å². The van der Waals surface area contributed by atoms with Gasteiger partial charge in [0.25, 0.3) is 5.91 Å². The van der Waals surface area contributed by atoms with Crippen molar-refractivity contribution >= 4 is 17.2 Å². The van der Waals surface area contributed by atoms with Crippen LogP contribution in [0, 0.1) is 12.3 Å². The number of piperidine rings is 1. The third-order valence-electron chi connectivity index (χ3n) is 5.97. The second-order valence-electron chi connectivity index (χ2n) is 7.53. The van der Waals surface area contributed by atoms with Crippen LogP contribution in [0.15, 0.2) is 30.3 Å². The zero-order valence-corrected chi connectivity index (χ0v) is 16.3. The van der Waals surface area contributed by atoms with Crippen molar-refractivity contribution < 1.29 is 9.53 Å². The molecule has 0 saturated carbocycles. The molecular weight excluding hydrogens is 344 g/mol. The number of ether oxygens (including phenoxy) is 1. The highest BCUT2D eigenvalue weighted by atomic mass is 32.1. The van der Waals surface area contributed by atoms with Crippen molar-refractivity contribution in [2.45, 2.75) is 26.2 Å². The van der Waals surface area contributed by atoms with Gasteiger partial charge in [0.15, 0.2) is 0 Å². The lowest BCUT2D eigenvalue weighted by atomic mass is 9.78. The molecule has 2 fully saturated rings. The minimum atomic E-state index is 0.193. The topological polar surface area (TPSA) is 41.6 Å². The van der Waals surface area contributed by atoms with Crippen molar-refractivity contribution in [3.05, 3.63) is 40.1 Å². The van der Waals surface area contributed by atoms with Crippen molar-refractivity contribution in [1.82, 2.24) is 10.2 Å². The van der Waals surface area contributed by atoms with Gasteiger partial charge in [0.1, 0.15) is 5.75 Å². The number of carbonyl (C=O) groups excluding carboxylic acids is 1. The number of methoxy groups -OCH3 is 1. The van der Waals surface area contributed by atoms with Crippen molar-refractivity contribution in [2.24, 2.45) is 5.41 Å². The van der Waals surface area contributed by atoms with Crippen LogP contribution in [0.3, 0.4) is 0 Å². The van der Waals surface area contributed by atoms with Crippen LogP contribution in [0.2, 0.25) is 0 Å². The Morgan fingerprint density at radius 1 is 1.19 bits per heavy atom. The molecule has 4 nitrogen and oxygen atoms in total. The van der Waals surface area contributed by atoms with E-state index in [-0.39, 0.29) is 5.91 Å². The summed E-state index contributed by atoms with van der Waals surface area (Å²) in [7, 11) is 1.67. The Kier molecular flexibility index (Phi) is 4.76. The zero-order chi connectivity index (χ0) is 18.1. The molecule has 1 N–H and O–H groups in total. The molecule has 0 bridgehead atoms. The van der Waals surface area contributed by atoms with Crippen molar-refractivity contribution in [3.63, 3.8) is 0 Å². The van der Waals surface area contributed by atoms with E-state index in [4.69, 9.17) is 4.74 Å². The van der Waals surface area contributed by atoms with Gasteiger partial charge in [-0.25, -0.2) is 0 Å². The molecule has 1 aromatic carbocycles. The molecule has 4 rings (SSSR count). The number of rotatable bonds is 3. The summed E-state index contributed by atoms with van der Waals surface area (Å²) < 4.78 is 5.24. The predicted molar refractivity (Wildman–Crippen MR) is 106 cm³/mol. The average molecular weight is 371 g/mol. The van der Waals surface area contributed by atoms with E-state index in [1.54, 1.807) is 18.4 Å². The van der Waals surface area contributed by atoms with Crippen LogP contribution in [-0.4, -0.2) is 44.1 Å². The summed E-state index contributed by atoms with van der Waals surface area (Å²) in [4.78, 5) is 17.1. The lowest BCUT2D eigenvalue weighted by molar-refractivity contribution is 0.0612. The summed E-state index contributed by atoms with van der Waals surface area (Å²) in [6, 6.07) is 10.1. The second kappa shape index (κ2) is 7.05. The van der Waals surface area contributed by atoms with E-state index in [1.807, 2.05) is 17.0 Å². The Morgan fingerprint density at radius 3 is 2.54 bits per heavy atom. The lowest BCUT2D eigenvalue weighted by Gasteiger charge is -2.38. The molecule has 0 atom stereocenters. The molecule has 0 aliphatic carbocycles. The summed E-state index contributed by atoms with van der Waals surface area (Å²) in [5.74, 6) is 1.04. The first-order valence-electron chi connectivity index (χ1n) is 9.35. The highest BCUT2D eigenvalue weighted by molar-refractivity contribution is 7.14. The number of carbonyl (C=O) groups is 1. The van der Waals surface area contributed by atoms with Crippen molar-refractivity contribution in [3.8, 4) is 16.9 Å². The number of thiophene rings is 1. The van der Waals surface area contributed by atoms with Gasteiger partial charge in [0.05, 0.1) is 12.0 Å². The van der Waals surface area contributed by atoms with Crippen molar-refractivity contribution in [2.75, 3.05) is 33.3 Å². The number of benzene rings is 1. The van der Waals surface area contributed by atoms with Crippen LogP contribution < -0.4 is 10.1 Å². The minimum absolute atomic E-state index is 0.193. The van der Waals surface area contributed by atoms with E-state index in [0.717, 1.165) is 60.8 Å². The third-order valence-corrected chi connectivity index (χ3v) is 7.01. The van der Waals surface area contributed by atoms with Gasteiger partial charge in [-0.05, 0) is 67.5 Å². The molecule has 2 aliphatic heterocycles. The highest BCUT2D eigenvalue weighted by Gasteiger charge is 2.38. The van der Waals surface area contributed by atoms with Gasteiger partial charge in [-0.15, -0.1) is 11.3 Å². The zero-order valence-electron chi connectivity index (χ0n) is 15.5. The van der Waals surface area contributed by atoms with Gasteiger partial charge in [0.2, 0.25) is 0 Å². The SMILES string of the molecule is COc1ccc(-c2cc(C(=O)N3CCC4(CCNC4)CC3)sc2C)cc1. The summed E-state index contributed by atoms with van der Waals surface area (Å²) in [6.45, 7) is 6.11. The molecule has 0 unspecified atom stereocenters. The summed E-state index contributed by atoms with van der Waals surface area (Å²) >= 11 is 1.61. The molecule has 1 spiro atoms. The Labute approximate surface area is 159 Å². The molecule has 3 heterocycles. The Morgan fingerprint density at radius 2 is 1.92 bits per heavy atom. The normalized spacial score (nSPS) is 19.1. The first-order chi connectivity index (χ1) is 12.6. The van der Waals surface area contributed by atoms with Crippen LogP contribution in [0.1, 0.15) is 33.8 Å². The van der Waals surface area contributed by atoms with Crippen LogP contribution >= 0.6 is 11.3 Å². The Bertz CT molecular complexity index is 781. The quantitative estimate of drug-likeness (QED) is 0.889. The summed E-state index contributed by atoms with van der Waals surface area (Å²) in [5.41, 5.74) is 2.72. The molecule has 1 amide bonds. The number of aryl methyl sites for hydroxylation is 1. The molecule has 2 saturated heterocycles. The van der Waals surface area contributed by atoms with E-state index in [0.29, 0.717) is 5.41 Å². The Balaban J connectivity index is 1.48. The van der Waals surface area contributed by atoms with Gasteiger partial charge < -0.3 is 15.0 Å². The number of nitrogens with one attached hydrogen (secondary N) is 1. The van der Waals surface area contributed by atoms with Crippen molar-refractivity contribution in [1.29, 1.82) is 0 Å². The fourth-order valence-electron chi connectivity index (χ4n) is 4.21.